The SMILES string of the molecule is CCCCCCC=CCCCCC=CCCCC(=O)OC[C@H](COP(=O)(O)OC[C@@H](O)[C@@H](O)[C@H](O)CO)OC(=O)CCC/C=C\CCCC/C=C\CCCCCC. The monoisotopic (exact) mass is 831 g/mol. The highest BCUT2D eigenvalue weighted by Gasteiger charge is 2.30. The fraction of sp³-hybridized carbons (Fsp3) is 0.773. The number of rotatable bonds is 40. The van der Waals surface area contributed by atoms with E-state index in [2.05, 4.69) is 56.4 Å². The number of ether oxygens (including phenoxy) is 2. The van der Waals surface area contributed by atoms with E-state index in [1.165, 1.54) is 51.4 Å². The molecule has 0 aromatic carbocycles. The smallest absolute Gasteiger partial charge is 0.462 e. The lowest BCUT2D eigenvalue weighted by Crippen LogP contribution is -2.41. The molecular formula is C44H79O12P. The predicted octanol–water partition coefficient (Wildman–Crippen LogP) is 9.28. The average molecular weight is 831 g/mol. The van der Waals surface area contributed by atoms with E-state index in [4.69, 9.17) is 23.6 Å². The third kappa shape index (κ3) is 36.6. The van der Waals surface area contributed by atoms with E-state index >= 15 is 0 Å². The summed E-state index contributed by atoms with van der Waals surface area (Å²) in [6, 6.07) is 0. The number of aliphatic hydroxyl groups is 4. The van der Waals surface area contributed by atoms with Crippen LogP contribution < -0.4 is 0 Å². The molecule has 1 unspecified atom stereocenters. The Labute approximate surface area is 344 Å². The standard InChI is InChI=1S/C44H79O12P/c1-3-5-7-9-11-13-15-17-19-21-23-25-27-29-31-33-42(48)53-36-39(37-54-57(51,52)55-38-41(47)44(50)40(46)35-45)56-43(49)34-32-30-28-26-24-22-20-18-16-14-12-10-8-6-4-2/h13-16,25-28,39-41,44-47,50H,3-12,17-24,29-38H2,1-2H3,(H,51,52)/b15-13?,16-14-,27-25?,28-26-/t39-,40-,41-,44+/m1/s1. The maximum absolute atomic E-state index is 12.6. The van der Waals surface area contributed by atoms with Gasteiger partial charge in [0.25, 0.3) is 0 Å². The maximum atomic E-state index is 12.6. The Hall–Kier alpha value is -2.15. The van der Waals surface area contributed by atoms with Crippen molar-refractivity contribution in [1.82, 2.24) is 0 Å². The molecule has 0 aromatic heterocycles. The van der Waals surface area contributed by atoms with Crippen LogP contribution in [0.3, 0.4) is 0 Å². The van der Waals surface area contributed by atoms with Crippen LogP contribution in [0.1, 0.15) is 168 Å². The number of aliphatic hydroxyl groups excluding tert-OH is 4. The van der Waals surface area contributed by atoms with Gasteiger partial charge < -0.3 is 34.8 Å². The van der Waals surface area contributed by atoms with E-state index in [1.807, 2.05) is 6.08 Å². The van der Waals surface area contributed by atoms with Crippen LogP contribution in [0.15, 0.2) is 48.6 Å². The molecule has 0 aromatic rings. The van der Waals surface area contributed by atoms with Crippen LogP contribution >= 0.6 is 7.82 Å². The van der Waals surface area contributed by atoms with Crippen molar-refractivity contribution in [3.63, 3.8) is 0 Å². The Balaban J connectivity index is 4.66. The van der Waals surface area contributed by atoms with Gasteiger partial charge in [0.05, 0.1) is 19.8 Å². The summed E-state index contributed by atoms with van der Waals surface area (Å²) in [7, 11) is -4.84. The number of phosphoric acid groups is 1. The zero-order valence-corrected chi connectivity index (χ0v) is 36.2. The van der Waals surface area contributed by atoms with E-state index in [9.17, 15) is 34.4 Å². The third-order valence-corrected chi connectivity index (χ3v) is 10.1. The summed E-state index contributed by atoms with van der Waals surface area (Å²) in [5, 5.41) is 38.0. The van der Waals surface area contributed by atoms with Gasteiger partial charge in [0.1, 0.15) is 24.9 Å². The number of unbranched alkanes of at least 4 members (excludes halogenated alkanes) is 16. The first-order chi connectivity index (χ1) is 27.6. The Bertz CT molecular complexity index is 1120. The second-order valence-corrected chi connectivity index (χ2v) is 16.1. The summed E-state index contributed by atoms with van der Waals surface area (Å²) in [5.74, 6) is -1.11. The molecule has 332 valence electrons. The van der Waals surface area contributed by atoms with Crippen LogP contribution in [-0.2, 0) is 32.7 Å². The minimum atomic E-state index is -4.84. The molecule has 12 nitrogen and oxygen atoms in total. The minimum Gasteiger partial charge on any atom is -0.462 e. The molecule has 0 radical (unpaired) electrons. The summed E-state index contributed by atoms with van der Waals surface area (Å²) in [5.41, 5.74) is 0. The van der Waals surface area contributed by atoms with Gasteiger partial charge in [-0.2, -0.15) is 0 Å². The molecule has 0 spiro atoms. The first kappa shape index (κ1) is 54.9. The number of carbonyl (C=O) groups excluding carboxylic acids is 2. The lowest BCUT2D eigenvalue weighted by molar-refractivity contribution is -0.161. The van der Waals surface area contributed by atoms with Gasteiger partial charge in [-0.3, -0.25) is 18.6 Å². The minimum absolute atomic E-state index is 0.0740. The van der Waals surface area contributed by atoms with E-state index in [-0.39, 0.29) is 12.8 Å². The molecular weight excluding hydrogens is 751 g/mol. The number of phosphoric ester groups is 1. The Morgan fingerprint density at radius 2 is 0.912 bits per heavy atom. The molecule has 0 saturated heterocycles. The number of esters is 2. The van der Waals surface area contributed by atoms with E-state index in [0.717, 1.165) is 64.2 Å². The van der Waals surface area contributed by atoms with Crippen LogP contribution in [0.2, 0.25) is 0 Å². The molecule has 0 heterocycles. The van der Waals surface area contributed by atoms with Gasteiger partial charge in [-0.05, 0) is 103 Å². The van der Waals surface area contributed by atoms with Crippen molar-refractivity contribution < 1.29 is 58.0 Å². The number of carbonyl (C=O) groups is 2. The molecule has 5 atom stereocenters. The summed E-state index contributed by atoms with van der Waals surface area (Å²) in [6.45, 7) is 1.62. The lowest BCUT2D eigenvalue weighted by atomic mass is 10.1. The molecule has 0 bridgehead atoms. The lowest BCUT2D eigenvalue weighted by Gasteiger charge is -2.23. The molecule has 0 aliphatic heterocycles. The summed E-state index contributed by atoms with van der Waals surface area (Å²) >= 11 is 0. The maximum Gasteiger partial charge on any atom is 0.472 e. The van der Waals surface area contributed by atoms with Crippen molar-refractivity contribution in [2.45, 2.75) is 192 Å². The Morgan fingerprint density at radius 1 is 0.526 bits per heavy atom. The van der Waals surface area contributed by atoms with Gasteiger partial charge >= 0.3 is 19.8 Å². The topological polar surface area (TPSA) is 189 Å². The van der Waals surface area contributed by atoms with Gasteiger partial charge in [0, 0.05) is 12.8 Å². The van der Waals surface area contributed by atoms with Gasteiger partial charge in [-0.25, -0.2) is 4.57 Å². The fourth-order valence-electron chi connectivity index (χ4n) is 5.57. The molecule has 0 aliphatic rings. The molecule has 13 heteroatoms. The number of hydrogen-bond donors (Lipinski definition) is 5. The fourth-order valence-corrected chi connectivity index (χ4v) is 6.34. The predicted molar refractivity (Wildman–Crippen MR) is 226 cm³/mol. The van der Waals surface area contributed by atoms with Gasteiger partial charge in [-0.1, -0.05) is 101 Å². The highest BCUT2D eigenvalue weighted by Crippen LogP contribution is 2.43. The van der Waals surface area contributed by atoms with Crippen LogP contribution in [0.25, 0.3) is 0 Å². The van der Waals surface area contributed by atoms with Gasteiger partial charge in [0.15, 0.2) is 6.10 Å². The summed E-state index contributed by atoms with van der Waals surface area (Å²) in [6.07, 6.45) is 34.8. The number of hydrogen-bond acceptors (Lipinski definition) is 11. The van der Waals surface area contributed by atoms with Crippen molar-refractivity contribution in [2.75, 3.05) is 26.4 Å². The molecule has 0 saturated carbocycles. The van der Waals surface area contributed by atoms with Crippen LogP contribution in [0.4, 0.5) is 0 Å². The molecule has 57 heavy (non-hydrogen) atoms. The second kappa shape index (κ2) is 39.3. The highest BCUT2D eigenvalue weighted by atomic mass is 31.2. The molecule has 0 aliphatic carbocycles. The zero-order valence-electron chi connectivity index (χ0n) is 35.3. The second-order valence-electron chi connectivity index (χ2n) is 14.6. The van der Waals surface area contributed by atoms with E-state index < -0.39 is 70.6 Å². The van der Waals surface area contributed by atoms with Gasteiger partial charge in [0.2, 0.25) is 0 Å². The van der Waals surface area contributed by atoms with Crippen LogP contribution in [0, 0.1) is 0 Å². The van der Waals surface area contributed by atoms with Crippen molar-refractivity contribution in [1.29, 1.82) is 0 Å². The quantitative estimate of drug-likeness (QED) is 0.0171. The van der Waals surface area contributed by atoms with E-state index in [0.29, 0.717) is 25.7 Å². The molecule has 0 rings (SSSR count). The highest BCUT2D eigenvalue weighted by molar-refractivity contribution is 7.47. The van der Waals surface area contributed by atoms with E-state index in [1.54, 1.807) is 0 Å². The Morgan fingerprint density at radius 3 is 1.33 bits per heavy atom. The largest absolute Gasteiger partial charge is 0.472 e. The first-order valence-corrected chi connectivity index (χ1v) is 23.3. The molecule has 5 N–H and O–H groups in total. The van der Waals surface area contributed by atoms with Crippen molar-refractivity contribution >= 4 is 19.8 Å². The third-order valence-electron chi connectivity index (χ3n) is 9.14. The first-order valence-electron chi connectivity index (χ1n) is 21.8. The normalized spacial score (nSPS) is 15.4. The van der Waals surface area contributed by atoms with Crippen molar-refractivity contribution in [2.24, 2.45) is 0 Å². The Kier molecular flexibility index (Phi) is 37.8. The molecule has 0 amide bonds. The van der Waals surface area contributed by atoms with Crippen molar-refractivity contribution in [3.05, 3.63) is 48.6 Å². The van der Waals surface area contributed by atoms with Crippen LogP contribution in [-0.4, -0.2) is 88.1 Å². The van der Waals surface area contributed by atoms with Crippen molar-refractivity contribution in [3.8, 4) is 0 Å². The van der Waals surface area contributed by atoms with Gasteiger partial charge in [-0.15, -0.1) is 0 Å². The molecule has 0 fully saturated rings. The zero-order chi connectivity index (χ0) is 42.2. The average Bonchev–Trinajstić information content (AvgIpc) is 3.20. The van der Waals surface area contributed by atoms with Crippen LogP contribution in [0.5, 0.6) is 0 Å². The summed E-state index contributed by atoms with van der Waals surface area (Å²) in [4.78, 5) is 35.2. The number of allylic oxidation sites excluding steroid dienone is 8. The summed E-state index contributed by atoms with van der Waals surface area (Å²) < 4.78 is 32.8.